The zero-order valence-electron chi connectivity index (χ0n) is 24.2. The lowest BCUT2D eigenvalue weighted by Gasteiger charge is -2.52. The molecule has 0 aromatic carbocycles. The van der Waals surface area contributed by atoms with Crippen molar-refractivity contribution >= 4 is 7.51 Å². The monoisotopic (exact) mass is 526 g/mol. The van der Waals surface area contributed by atoms with E-state index in [2.05, 4.69) is 41.5 Å². The Morgan fingerprint density at radius 2 is 0.971 bits per heavy atom. The SMILES string of the molecule is CCCON=P(N(C)C)(N(C)C)N(C(OCCC)OCCC)C(OCCC)(OCCC)OCCC. The number of rotatable bonds is 23. The van der Waals surface area contributed by atoms with Crippen molar-refractivity contribution in [3.05, 3.63) is 0 Å². The molecule has 0 fully saturated rings. The van der Waals surface area contributed by atoms with Crippen LogP contribution in [0, 0.1) is 0 Å². The molecule has 212 valence electrons. The lowest BCUT2D eigenvalue weighted by molar-refractivity contribution is -0.460. The van der Waals surface area contributed by atoms with Crippen LogP contribution in [0.4, 0.5) is 0 Å². The van der Waals surface area contributed by atoms with E-state index in [0.29, 0.717) is 39.6 Å². The topological polar surface area (TPSA) is 77.5 Å². The van der Waals surface area contributed by atoms with E-state index in [1.807, 2.05) is 42.2 Å². The predicted octanol–water partition coefficient (Wildman–Crippen LogP) is 5.73. The highest BCUT2D eigenvalue weighted by atomic mass is 31.2. The molecule has 0 radical (unpaired) electrons. The van der Waals surface area contributed by atoms with Crippen molar-refractivity contribution in [1.29, 1.82) is 0 Å². The van der Waals surface area contributed by atoms with Gasteiger partial charge in [0.15, 0.2) is 0 Å². The number of ether oxygens (including phenoxy) is 5. The fraction of sp³-hybridized carbons (Fsp3) is 1.00. The average Bonchev–Trinajstić information content (AvgIpc) is 2.84. The molecule has 0 aliphatic carbocycles. The van der Waals surface area contributed by atoms with Gasteiger partial charge < -0.3 is 23.7 Å². The fourth-order valence-corrected chi connectivity index (χ4v) is 6.18. The molecule has 0 aromatic rings. The summed E-state index contributed by atoms with van der Waals surface area (Å²) in [5.41, 5.74) is 0. The summed E-state index contributed by atoms with van der Waals surface area (Å²) in [5.74, 6) is 0. The van der Waals surface area contributed by atoms with E-state index < -0.39 is 20.0 Å². The summed E-state index contributed by atoms with van der Waals surface area (Å²) in [7, 11) is 5.01. The zero-order chi connectivity index (χ0) is 26.7. The Morgan fingerprint density at radius 3 is 1.29 bits per heavy atom. The standard InChI is InChI=1S/C24H55N4O6P/c1-11-17-29-23(30-18-12-2)28(35(26(7)8,27(9)10)25-34-22-16-6)24(31-19-13-3,32-20-14-4)33-21-15-5/h23H,11-22H2,1-10H3. The maximum Gasteiger partial charge on any atom is 0.364 e. The Morgan fingerprint density at radius 1 is 0.600 bits per heavy atom. The second-order valence-electron chi connectivity index (χ2n) is 8.61. The molecular formula is C24H55N4O6P. The molecule has 0 rings (SSSR count). The smallest absolute Gasteiger partial charge is 0.339 e. The van der Waals surface area contributed by atoms with Crippen molar-refractivity contribution < 1.29 is 28.5 Å². The Bertz CT molecular complexity index is 526. The second-order valence-corrected chi connectivity index (χ2v) is 11.9. The van der Waals surface area contributed by atoms with Crippen molar-refractivity contribution in [2.45, 2.75) is 92.6 Å². The molecule has 0 heterocycles. The van der Waals surface area contributed by atoms with Gasteiger partial charge in [-0.3, -0.25) is 4.84 Å². The van der Waals surface area contributed by atoms with Crippen LogP contribution in [0.5, 0.6) is 0 Å². The Labute approximate surface area is 215 Å². The summed E-state index contributed by atoms with van der Waals surface area (Å²) in [4.78, 5) is 10.8. The van der Waals surface area contributed by atoms with E-state index in [-0.39, 0.29) is 0 Å². The first-order valence-corrected chi connectivity index (χ1v) is 14.9. The molecule has 35 heavy (non-hydrogen) atoms. The molecule has 11 heteroatoms. The third kappa shape index (κ3) is 10.6. The second kappa shape index (κ2) is 19.9. The summed E-state index contributed by atoms with van der Waals surface area (Å²) < 4.78 is 38.1. The van der Waals surface area contributed by atoms with Gasteiger partial charge in [0, 0.05) is 0 Å². The van der Waals surface area contributed by atoms with E-state index in [9.17, 15) is 0 Å². The first kappa shape index (κ1) is 34.9. The van der Waals surface area contributed by atoms with E-state index in [1.54, 1.807) is 0 Å². The molecule has 0 spiro atoms. The summed E-state index contributed by atoms with van der Waals surface area (Å²) >= 11 is 0. The number of nitrogens with zero attached hydrogens (tertiary/aromatic N) is 4. The van der Waals surface area contributed by atoms with Gasteiger partial charge in [0.25, 0.3) is 0 Å². The van der Waals surface area contributed by atoms with Crippen LogP contribution < -0.4 is 0 Å². The molecule has 0 aliphatic heterocycles. The minimum absolute atomic E-state index is 0.425. The molecule has 0 aliphatic rings. The molecular weight excluding hydrogens is 471 g/mol. The van der Waals surface area contributed by atoms with E-state index in [1.165, 1.54) is 0 Å². The van der Waals surface area contributed by atoms with Crippen molar-refractivity contribution in [3.63, 3.8) is 0 Å². The third-order valence-corrected chi connectivity index (χ3v) is 8.19. The van der Waals surface area contributed by atoms with E-state index in [4.69, 9.17) is 33.4 Å². The summed E-state index contributed by atoms with van der Waals surface area (Å²) in [6.45, 7) is 15.1. The largest absolute Gasteiger partial charge is 0.364 e. The van der Waals surface area contributed by atoms with Gasteiger partial charge in [-0.05, 0) is 66.7 Å². The van der Waals surface area contributed by atoms with Gasteiger partial charge in [-0.25, -0.2) is 9.34 Å². The Kier molecular flexibility index (Phi) is 19.8. The van der Waals surface area contributed by atoms with Gasteiger partial charge in [0.1, 0.15) is 0 Å². The van der Waals surface area contributed by atoms with Gasteiger partial charge in [0.05, 0.1) is 39.6 Å². The predicted molar refractivity (Wildman–Crippen MR) is 143 cm³/mol. The van der Waals surface area contributed by atoms with E-state index >= 15 is 0 Å². The molecule has 0 saturated heterocycles. The molecule has 0 unspecified atom stereocenters. The molecule has 0 N–H and O–H groups in total. The first-order chi connectivity index (χ1) is 16.8. The highest BCUT2D eigenvalue weighted by molar-refractivity contribution is 7.59. The number of hydrogen-bond donors (Lipinski definition) is 0. The molecule has 0 saturated carbocycles. The van der Waals surface area contributed by atoms with Crippen molar-refractivity contribution in [1.82, 2.24) is 14.0 Å². The van der Waals surface area contributed by atoms with Crippen LogP contribution >= 0.6 is 7.51 Å². The minimum atomic E-state index is -2.88. The maximum absolute atomic E-state index is 6.48. The highest BCUT2D eigenvalue weighted by Gasteiger charge is 2.56. The quantitative estimate of drug-likeness (QED) is 0.0718. The molecule has 0 atom stereocenters. The van der Waals surface area contributed by atoms with E-state index in [0.717, 1.165) is 38.5 Å². The number of hydrogen-bond acceptors (Lipinski definition) is 7. The molecule has 0 bridgehead atoms. The van der Waals surface area contributed by atoms with Gasteiger partial charge in [-0.2, -0.15) is 0 Å². The van der Waals surface area contributed by atoms with Crippen LogP contribution in [0.15, 0.2) is 4.91 Å². The Balaban J connectivity index is 7.32. The van der Waals surface area contributed by atoms with Gasteiger partial charge in [-0.15, -0.1) is 9.58 Å². The normalized spacial score (nSPS) is 13.1. The molecule has 10 nitrogen and oxygen atoms in total. The molecule has 0 aromatic heterocycles. The van der Waals surface area contributed by atoms with Crippen LogP contribution in [-0.2, 0) is 28.5 Å². The summed E-state index contributed by atoms with van der Waals surface area (Å²) in [5, 5.41) is 0. The Hall–Kier alpha value is -0.130. The summed E-state index contributed by atoms with van der Waals surface area (Å²) in [6.07, 6.45) is 2.42. The highest BCUT2D eigenvalue weighted by Crippen LogP contribution is 2.61. The third-order valence-electron chi connectivity index (χ3n) is 4.70. The van der Waals surface area contributed by atoms with Gasteiger partial charge in [0.2, 0.25) is 13.9 Å². The summed E-state index contributed by atoms with van der Waals surface area (Å²) in [6, 6.07) is 0. The van der Waals surface area contributed by atoms with Crippen LogP contribution in [0.25, 0.3) is 0 Å². The van der Waals surface area contributed by atoms with Crippen LogP contribution in [0.1, 0.15) is 80.1 Å². The van der Waals surface area contributed by atoms with Gasteiger partial charge >= 0.3 is 6.10 Å². The first-order valence-electron chi connectivity index (χ1n) is 13.3. The van der Waals surface area contributed by atoms with Crippen LogP contribution in [-0.4, -0.2) is 94.4 Å². The van der Waals surface area contributed by atoms with Crippen molar-refractivity contribution in [3.8, 4) is 0 Å². The zero-order valence-corrected chi connectivity index (χ0v) is 25.1. The van der Waals surface area contributed by atoms with Crippen molar-refractivity contribution in [2.75, 3.05) is 67.8 Å². The fourth-order valence-electron chi connectivity index (χ4n) is 3.20. The van der Waals surface area contributed by atoms with Gasteiger partial charge in [-0.1, -0.05) is 41.5 Å². The minimum Gasteiger partial charge on any atom is -0.339 e. The van der Waals surface area contributed by atoms with Crippen LogP contribution in [0.2, 0.25) is 0 Å². The van der Waals surface area contributed by atoms with Crippen LogP contribution in [0.3, 0.4) is 0 Å². The lowest BCUT2D eigenvalue weighted by Crippen LogP contribution is -2.61. The van der Waals surface area contributed by atoms with Crippen molar-refractivity contribution in [2.24, 2.45) is 4.91 Å². The maximum atomic E-state index is 6.48. The lowest BCUT2D eigenvalue weighted by atomic mass is 10.5. The molecule has 0 amide bonds. The average molecular weight is 527 g/mol.